The van der Waals surface area contributed by atoms with E-state index in [1.54, 1.807) is 18.2 Å². The third-order valence-electron chi connectivity index (χ3n) is 2.79. The van der Waals surface area contributed by atoms with Crippen LogP contribution in [0, 0.1) is 22.7 Å². The summed E-state index contributed by atoms with van der Waals surface area (Å²) >= 11 is 0. The summed E-state index contributed by atoms with van der Waals surface area (Å²) in [5.41, 5.74) is 1.17. The Labute approximate surface area is 114 Å². The first-order valence-corrected chi connectivity index (χ1v) is 6.29. The van der Waals surface area contributed by atoms with E-state index in [1.807, 2.05) is 26.8 Å². The highest BCUT2D eigenvalue weighted by Crippen LogP contribution is 2.25. The molecule has 1 atom stereocenters. The zero-order valence-corrected chi connectivity index (χ0v) is 11.6. The van der Waals surface area contributed by atoms with Gasteiger partial charge in [0, 0.05) is 6.54 Å². The number of nitrogens with zero attached hydrogens (tertiary/aromatic N) is 1. The van der Waals surface area contributed by atoms with E-state index in [4.69, 9.17) is 5.26 Å². The number of nitrogens with one attached hydrogen (secondary N) is 1. The van der Waals surface area contributed by atoms with Gasteiger partial charge in [-0.3, -0.25) is 4.79 Å². The van der Waals surface area contributed by atoms with Crippen LogP contribution in [0.4, 0.5) is 5.69 Å². The summed E-state index contributed by atoms with van der Waals surface area (Å²) in [7, 11) is 0. The van der Waals surface area contributed by atoms with Gasteiger partial charge in [-0.15, -0.1) is 0 Å². The van der Waals surface area contributed by atoms with Crippen molar-refractivity contribution in [2.45, 2.75) is 27.2 Å². The predicted octanol–water partition coefficient (Wildman–Crippen LogP) is 3.11. The summed E-state index contributed by atoms with van der Waals surface area (Å²) in [6.45, 7) is 6.38. The molecule has 4 heteroatoms. The van der Waals surface area contributed by atoms with Gasteiger partial charge in [0.25, 0.3) is 0 Å². The first-order valence-electron chi connectivity index (χ1n) is 6.29. The first kappa shape index (κ1) is 15.0. The molecule has 0 aliphatic rings. The van der Waals surface area contributed by atoms with Crippen molar-refractivity contribution in [1.29, 1.82) is 5.26 Å². The van der Waals surface area contributed by atoms with Gasteiger partial charge in [-0.05, 0) is 24.0 Å². The second kappa shape index (κ2) is 6.24. The monoisotopic (exact) mass is 260 g/mol. The lowest BCUT2D eigenvalue weighted by Crippen LogP contribution is -2.27. The maximum absolute atomic E-state index is 11.2. The SMILES string of the molecule is CC(C)(C)CC(CNc1ccccc1C#N)C(=O)O. The number of nitriles is 1. The number of hydrogen-bond acceptors (Lipinski definition) is 3. The minimum atomic E-state index is -0.808. The first-order chi connectivity index (χ1) is 8.83. The van der Waals surface area contributed by atoms with Gasteiger partial charge in [0.1, 0.15) is 6.07 Å². The second-order valence-electron chi connectivity index (χ2n) is 5.84. The summed E-state index contributed by atoms with van der Waals surface area (Å²) in [6.07, 6.45) is 0.587. The molecule has 0 aliphatic heterocycles. The molecule has 4 nitrogen and oxygen atoms in total. The van der Waals surface area contributed by atoms with E-state index >= 15 is 0 Å². The Kier molecular flexibility index (Phi) is 4.94. The number of carboxylic acids is 1. The van der Waals surface area contributed by atoms with Gasteiger partial charge in [-0.2, -0.15) is 5.26 Å². The molecular formula is C15H20N2O2. The summed E-state index contributed by atoms with van der Waals surface area (Å²) in [5.74, 6) is -1.27. The number of benzene rings is 1. The number of anilines is 1. The van der Waals surface area contributed by atoms with Crippen molar-refractivity contribution in [2.75, 3.05) is 11.9 Å². The van der Waals surface area contributed by atoms with Crippen LogP contribution in [0.3, 0.4) is 0 Å². The zero-order chi connectivity index (χ0) is 14.5. The van der Waals surface area contributed by atoms with Crippen molar-refractivity contribution < 1.29 is 9.90 Å². The molecule has 1 unspecified atom stereocenters. The fraction of sp³-hybridized carbons (Fsp3) is 0.467. The number of aliphatic carboxylic acids is 1. The molecule has 0 spiro atoms. The van der Waals surface area contributed by atoms with Crippen LogP contribution in [0.5, 0.6) is 0 Å². The molecule has 1 rings (SSSR count). The van der Waals surface area contributed by atoms with Crippen LogP contribution in [0.15, 0.2) is 24.3 Å². The summed E-state index contributed by atoms with van der Waals surface area (Å²) < 4.78 is 0. The second-order valence-corrected chi connectivity index (χ2v) is 5.84. The van der Waals surface area contributed by atoms with Crippen molar-refractivity contribution in [3.8, 4) is 6.07 Å². The summed E-state index contributed by atoms with van der Waals surface area (Å²) in [5, 5.41) is 21.3. The molecular weight excluding hydrogens is 240 g/mol. The number of hydrogen-bond donors (Lipinski definition) is 2. The molecule has 0 saturated heterocycles. The van der Waals surface area contributed by atoms with E-state index < -0.39 is 11.9 Å². The Morgan fingerprint density at radius 2 is 2.05 bits per heavy atom. The van der Waals surface area contributed by atoms with Gasteiger partial charge < -0.3 is 10.4 Å². The molecule has 102 valence electrons. The lowest BCUT2D eigenvalue weighted by atomic mass is 9.84. The molecule has 1 aromatic carbocycles. The van der Waals surface area contributed by atoms with Gasteiger partial charge in [0.15, 0.2) is 0 Å². The summed E-state index contributed by atoms with van der Waals surface area (Å²) in [6, 6.07) is 9.19. The van der Waals surface area contributed by atoms with Crippen molar-refractivity contribution in [3.63, 3.8) is 0 Å². The van der Waals surface area contributed by atoms with Crippen LogP contribution >= 0.6 is 0 Å². The molecule has 1 aromatic rings. The van der Waals surface area contributed by atoms with Crippen LogP contribution in [0.2, 0.25) is 0 Å². The standard InChI is InChI=1S/C15H20N2O2/c1-15(2,3)8-12(14(18)19)10-17-13-7-5-4-6-11(13)9-16/h4-7,12,17H,8,10H2,1-3H3,(H,18,19). The number of rotatable bonds is 5. The Hall–Kier alpha value is -2.02. The van der Waals surface area contributed by atoms with E-state index in [-0.39, 0.29) is 5.41 Å². The van der Waals surface area contributed by atoms with Gasteiger partial charge in [0.2, 0.25) is 0 Å². The fourth-order valence-electron chi connectivity index (χ4n) is 1.95. The molecule has 2 N–H and O–H groups in total. The summed E-state index contributed by atoms with van der Waals surface area (Å²) in [4.78, 5) is 11.2. The van der Waals surface area contributed by atoms with Gasteiger partial charge in [-0.25, -0.2) is 0 Å². The maximum atomic E-state index is 11.2. The highest BCUT2D eigenvalue weighted by molar-refractivity contribution is 5.71. The highest BCUT2D eigenvalue weighted by Gasteiger charge is 2.24. The largest absolute Gasteiger partial charge is 0.481 e. The highest BCUT2D eigenvalue weighted by atomic mass is 16.4. The molecule has 0 bridgehead atoms. The molecule has 0 heterocycles. The molecule has 0 fully saturated rings. The van der Waals surface area contributed by atoms with Gasteiger partial charge >= 0.3 is 5.97 Å². The van der Waals surface area contributed by atoms with Gasteiger partial charge in [0.05, 0.1) is 17.2 Å². The van der Waals surface area contributed by atoms with Crippen LogP contribution in [-0.4, -0.2) is 17.6 Å². The van der Waals surface area contributed by atoms with Crippen molar-refractivity contribution in [1.82, 2.24) is 0 Å². The lowest BCUT2D eigenvalue weighted by molar-refractivity contribution is -0.142. The zero-order valence-electron chi connectivity index (χ0n) is 11.6. The lowest BCUT2D eigenvalue weighted by Gasteiger charge is -2.23. The third-order valence-corrected chi connectivity index (χ3v) is 2.79. The predicted molar refractivity (Wildman–Crippen MR) is 74.8 cm³/mol. The minimum absolute atomic E-state index is 0.0422. The molecule has 0 saturated carbocycles. The number of para-hydroxylation sites is 1. The Morgan fingerprint density at radius 1 is 1.42 bits per heavy atom. The van der Waals surface area contributed by atoms with Gasteiger partial charge in [-0.1, -0.05) is 32.9 Å². The van der Waals surface area contributed by atoms with E-state index in [9.17, 15) is 9.90 Å². The fourth-order valence-corrected chi connectivity index (χ4v) is 1.95. The number of carbonyl (C=O) groups is 1. The Bertz CT molecular complexity index is 484. The van der Waals surface area contributed by atoms with Crippen LogP contribution in [0.1, 0.15) is 32.8 Å². The van der Waals surface area contributed by atoms with Crippen LogP contribution < -0.4 is 5.32 Å². The maximum Gasteiger partial charge on any atom is 0.308 e. The van der Waals surface area contributed by atoms with Crippen LogP contribution in [-0.2, 0) is 4.79 Å². The molecule has 0 aromatic heterocycles. The van der Waals surface area contributed by atoms with Crippen molar-refractivity contribution in [2.24, 2.45) is 11.3 Å². The average molecular weight is 260 g/mol. The molecule has 0 radical (unpaired) electrons. The smallest absolute Gasteiger partial charge is 0.308 e. The molecule has 19 heavy (non-hydrogen) atoms. The van der Waals surface area contributed by atoms with E-state index in [0.717, 1.165) is 0 Å². The van der Waals surface area contributed by atoms with Crippen LogP contribution in [0.25, 0.3) is 0 Å². The average Bonchev–Trinajstić information content (AvgIpc) is 2.33. The topological polar surface area (TPSA) is 73.1 Å². The Morgan fingerprint density at radius 3 is 2.58 bits per heavy atom. The van der Waals surface area contributed by atoms with E-state index in [0.29, 0.717) is 24.2 Å². The third kappa shape index (κ3) is 5.01. The van der Waals surface area contributed by atoms with E-state index in [1.165, 1.54) is 0 Å². The van der Waals surface area contributed by atoms with Crippen molar-refractivity contribution >= 4 is 11.7 Å². The Balaban J connectivity index is 2.72. The van der Waals surface area contributed by atoms with Crippen molar-refractivity contribution in [3.05, 3.63) is 29.8 Å². The molecule has 0 aliphatic carbocycles. The molecule has 0 amide bonds. The minimum Gasteiger partial charge on any atom is -0.481 e. The number of carboxylic acid groups (broad SMARTS) is 1. The van der Waals surface area contributed by atoms with E-state index in [2.05, 4.69) is 11.4 Å². The normalized spacial score (nSPS) is 12.5. The quantitative estimate of drug-likeness (QED) is 0.853.